The van der Waals surface area contributed by atoms with E-state index in [-0.39, 0.29) is 5.91 Å². The second-order valence-corrected chi connectivity index (χ2v) is 5.00. The van der Waals surface area contributed by atoms with Gasteiger partial charge in [0.25, 0.3) is 5.91 Å². The molecule has 0 unspecified atom stereocenters. The molecule has 0 saturated heterocycles. The molecule has 0 aliphatic heterocycles. The van der Waals surface area contributed by atoms with Gasteiger partial charge in [-0.25, -0.2) is 0 Å². The maximum Gasteiger partial charge on any atom is 0.272 e. The van der Waals surface area contributed by atoms with Crippen molar-refractivity contribution in [3.63, 3.8) is 0 Å². The van der Waals surface area contributed by atoms with Crippen LogP contribution >= 0.6 is 15.9 Å². The molecule has 3 aromatic rings. The van der Waals surface area contributed by atoms with Crippen LogP contribution in [-0.4, -0.2) is 15.9 Å². The number of nitrogens with one attached hydrogen (secondary N) is 2. The van der Waals surface area contributed by atoms with Gasteiger partial charge in [0.15, 0.2) is 0 Å². The van der Waals surface area contributed by atoms with Crippen molar-refractivity contribution < 1.29 is 4.79 Å². The predicted octanol–water partition coefficient (Wildman–Crippen LogP) is 3.58. The average Bonchev–Trinajstić information content (AvgIpc) is 2.86. The van der Waals surface area contributed by atoms with Gasteiger partial charge >= 0.3 is 0 Å². The van der Waals surface area contributed by atoms with E-state index < -0.39 is 0 Å². The second-order valence-electron chi connectivity index (χ2n) is 4.09. The van der Waals surface area contributed by atoms with Crippen LogP contribution in [0.4, 0.5) is 5.69 Å². The third-order valence-electron chi connectivity index (χ3n) is 2.82. The van der Waals surface area contributed by atoms with E-state index in [1.54, 1.807) is 24.7 Å². The van der Waals surface area contributed by atoms with Crippen LogP contribution in [0.25, 0.3) is 10.8 Å². The summed E-state index contributed by atoms with van der Waals surface area (Å²) in [6, 6.07) is 9.35. The Morgan fingerprint density at radius 1 is 1.32 bits per heavy atom. The minimum Gasteiger partial charge on any atom is -0.356 e. The zero-order valence-corrected chi connectivity index (χ0v) is 11.4. The lowest BCUT2D eigenvalue weighted by molar-refractivity contribution is 0.102. The van der Waals surface area contributed by atoms with E-state index in [1.165, 1.54) is 0 Å². The van der Waals surface area contributed by atoms with Crippen molar-refractivity contribution >= 4 is 38.3 Å². The van der Waals surface area contributed by atoms with Crippen molar-refractivity contribution in [1.29, 1.82) is 0 Å². The standard InChI is InChI=1S/C14H10BrN3O/c15-10-6-13(17-8-10)14(19)18-12-3-1-2-9-7-16-5-4-11(9)12/h1-8,17H,(H,18,19). The van der Waals surface area contributed by atoms with Crippen molar-refractivity contribution in [2.75, 3.05) is 5.32 Å². The summed E-state index contributed by atoms with van der Waals surface area (Å²) in [5.41, 5.74) is 1.29. The van der Waals surface area contributed by atoms with Crippen LogP contribution in [0, 0.1) is 0 Å². The molecule has 0 aliphatic carbocycles. The molecule has 5 heteroatoms. The number of fused-ring (bicyclic) bond motifs is 1. The molecular weight excluding hydrogens is 306 g/mol. The summed E-state index contributed by atoms with van der Waals surface area (Å²) in [7, 11) is 0. The Hall–Kier alpha value is -2.14. The van der Waals surface area contributed by atoms with Crippen molar-refractivity contribution in [3.8, 4) is 0 Å². The molecule has 4 nitrogen and oxygen atoms in total. The summed E-state index contributed by atoms with van der Waals surface area (Å²) in [6.45, 7) is 0. The number of nitrogens with zero attached hydrogens (tertiary/aromatic N) is 1. The highest BCUT2D eigenvalue weighted by Crippen LogP contribution is 2.23. The molecule has 2 aromatic heterocycles. The number of benzene rings is 1. The monoisotopic (exact) mass is 315 g/mol. The molecule has 19 heavy (non-hydrogen) atoms. The summed E-state index contributed by atoms with van der Waals surface area (Å²) in [5, 5.41) is 4.86. The Kier molecular flexibility index (Phi) is 3.05. The first-order chi connectivity index (χ1) is 9.24. The fourth-order valence-electron chi connectivity index (χ4n) is 1.92. The molecule has 0 fully saturated rings. The molecule has 1 amide bonds. The largest absolute Gasteiger partial charge is 0.356 e. The van der Waals surface area contributed by atoms with Gasteiger partial charge in [0.2, 0.25) is 0 Å². The molecule has 1 aromatic carbocycles. The number of aromatic nitrogens is 2. The fourth-order valence-corrected chi connectivity index (χ4v) is 2.26. The van der Waals surface area contributed by atoms with Gasteiger partial charge in [-0.2, -0.15) is 0 Å². The molecule has 94 valence electrons. The van der Waals surface area contributed by atoms with Gasteiger partial charge in [-0.1, -0.05) is 12.1 Å². The molecule has 0 bridgehead atoms. The van der Waals surface area contributed by atoms with Crippen molar-refractivity contribution in [2.45, 2.75) is 0 Å². The van der Waals surface area contributed by atoms with Crippen LogP contribution in [0.2, 0.25) is 0 Å². The molecule has 2 N–H and O–H groups in total. The number of rotatable bonds is 2. The minimum absolute atomic E-state index is 0.171. The summed E-state index contributed by atoms with van der Waals surface area (Å²) >= 11 is 3.31. The molecule has 0 atom stereocenters. The number of hydrogen-bond donors (Lipinski definition) is 2. The Morgan fingerprint density at radius 2 is 2.21 bits per heavy atom. The van der Waals surface area contributed by atoms with E-state index in [4.69, 9.17) is 0 Å². The van der Waals surface area contributed by atoms with Gasteiger partial charge < -0.3 is 10.3 Å². The van der Waals surface area contributed by atoms with E-state index in [1.807, 2.05) is 24.3 Å². The summed E-state index contributed by atoms with van der Waals surface area (Å²) in [4.78, 5) is 19.1. The number of pyridine rings is 1. The van der Waals surface area contributed by atoms with Gasteiger partial charge in [-0.3, -0.25) is 9.78 Å². The fraction of sp³-hybridized carbons (Fsp3) is 0. The van der Waals surface area contributed by atoms with Crippen LogP contribution in [-0.2, 0) is 0 Å². The number of carbonyl (C=O) groups is 1. The van der Waals surface area contributed by atoms with E-state index in [0.29, 0.717) is 5.69 Å². The van der Waals surface area contributed by atoms with E-state index in [9.17, 15) is 4.79 Å². The molecule has 0 spiro atoms. The lowest BCUT2D eigenvalue weighted by Gasteiger charge is -2.07. The van der Waals surface area contributed by atoms with Crippen LogP contribution in [0.1, 0.15) is 10.5 Å². The van der Waals surface area contributed by atoms with Crippen LogP contribution in [0.15, 0.2) is 53.4 Å². The minimum atomic E-state index is -0.171. The van der Waals surface area contributed by atoms with Gasteiger partial charge in [-0.05, 0) is 34.1 Å². The van der Waals surface area contributed by atoms with Crippen molar-refractivity contribution in [2.24, 2.45) is 0 Å². The highest BCUT2D eigenvalue weighted by atomic mass is 79.9. The SMILES string of the molecule is O=C(Nc1cccc2cnccc12)c1cc(Br)c[nH]1. The smallest absolute Gasteiger partial charge is 0.272 e. The highest BCUT2D eigenvalue weighted by Gasteiger charge is 2.09. The lowest BCUT2D eigenvalue weighted by Crippen LogP contribution is -2.12. The second kappa shape index (κ2) is 4.85. The summed E-state index contributed by atoms with van der Waals surface area (Å²) in [6.07, 6.45) is 5.21. The molecule has 2 heterocycles. The first-order valence-corrected chi connectivity index (χ1v) is 6.51. The number of amides is 1. The number of H-pyrrole nitrogens is 1. The zero-order valence-electron chi connectivity index (χ0n) is 9.85. The average molecular weight is 316 g/mol. The highest BCUT2D eigenvalue weighted by molar-refractivity contribution is 9.10. The summed E-state index contributed by atoms with van der Waals surface area (Å²) in [5.74, 6) is -0.171. The number of carbonyl (C=O) groups excluding carboxylic acids is 1. The Balaban J connectivity index is 1.95. The maximum atomic E-state index is 12.1. The Labute approximate surface area is 118 Å². The molecule has 0 radical (unpaired) electrons. The first kappa shape index (κ1) is 11.9. The van der Waals surface area contributed by atoms with Gasteiger partial charge in [0.1, 0.15) is 5.69 Å². The number of aromatic amines is 1. The topological polar surface area (TPSA) is 57.8 Å². The zero-order chi connectivity index (χ0) is 13.2. The van der Waals surface area contributed by atoms with Crippen LogP contribution < -0.4 is 5.32 Å². The molecular formula is C14H10BrN3O. The van der Waals surface area contributed by atoms with Gasteiger partial charge in [0, 0.05) is 39.5 Å². The lowest BCUT2D eigenvalue weighted by atomic mass is 10.1. The number of hydrogen-bond acceptors (Lipinski definition) is 2. The molecule has 0 aliphatic rings. The van der Waals surface area contributed by atoms with E-state index in [0.717, 1.165) is 20.9 Å². The van der Waals surface area contributed by atoms with Gasteiger partial charge in [0.05, 0.1) is 0 Å². The third kappa shape index (κ3) is 2.37. The molecule has 0 saturated carbocycles. The van der Waals surface area contributed by atoms with Crippen LogP contribution in [0.3, 0.4) is 0 Å². The quantitative estimate of drug-likeness (QED) is 0.759. The van der Waals surface area contributed by atoms with Gasteiger partial charge in [-0.15, -0.1) is 0 Å². The summed E-state index contributed by atoms with van der Waals surface area (Å²) < 4.78 is 0.847. The number of halogens is 1. The van der Waals surface area contributed by atoms with Crippen LogP contribution in [0.5, 0.6) is 0 Å². The normalized spacial score (nSPS) is 10.6. The Morgan fingerprint density at radius 3 is 3.00 bits per heavy atom. The first-order valence-electron chi connectivity index (χ1n) is 5.72. The predicted molar refractivity (Wildman–Crippen MR) is 78.2 cm³/mol. The maximum absolute atomic E-state index is 12.1. The number of anilines is 1. The van der Waals surface area contributed by atoms with E-state index >= 15 is 0 Å². The van der Waals surface area contributed by atoms with Crippen molar-refractivity contribution in [3.05, 3.63) is 59.1 Å². The van der Waals surface area contributed by atoms with Crippen molar-refractivity contribution in [1.82, 2.24) is 9.97 Å². The third-order valence-corrected chi connectivity index (χ3v) is 3.28. The molecule has 3 rings (SSSR count). The Bertz CT molecular complexity index is 746. The van der Waals surface area contributed by atoms with E-state index in [2.05, 4.69) is 31.2 Å².